The molecule has 0 N–H and O–H groups in total. The molecule has 0 aromatic heterocycles. The van der Waals surface area contributed by atoms with Gasteiger partial charge in [-0.1, -0.05) is 54.6 Å². The average molecular weight is 575 g/mol. The number of benzene rings is 3. The highest BCUT2D eigenvalue weighted by atomic mass is 16.6. The number of imide groups is 2. The maximum Gasteiger partial charge on any atom is 0.265 e. The summed E-state index contributed by atoms with van der Waals surface area (Å²) in [7, 11) is 0. The maximum atomic E-state index is 14.6. The molecule has 5 amide bonds. The van der Waals surface area contributed by atoms with Crippen molar-refractivity contribution < 1.29 is 28.9 Å². The third kappa shape index (κ3) is 2.64. The van der Waals surface area contributed by atoms with E-state index in [2.05, 4.69) is 0 Å². The fourth-order valence-electron chi connectivity index (χ4n) is 8.57. The van der Waals surface area contributed by atoms with Crippen LogP contribution in [0, 0.1) is 33.8 Å². The van der Waals surface area contributed by atoms with Gasteiger partial charge in [-0.15, -0.1) is 0 Å². The largest absolute Gasteiger partial charge is 0.300 e. The van der Waals surface area contributed by atoms with Crippen molar-refractivity contribution in [3.05, 3.63) is 107 Å². The minimum Gasteiger partial charge on any atom is -0.300 e. The van der Waals surface area contributed by atoms with Gasteiger partial charge in [-0.05, 0) is 42.0 Å². The molecule has 11 nitrogen and oxygen atoms in total. The summed E-state index contributed by atoms with van der Waals surface area (Å²) in [5.41, 5.74) is -2.82. The zero-order chi connectivity index (χ0) is 30.0. The van der Waals surface area contributed by atoms with E-state index < -0.39 is 69.2 Å². The van der Waals surface area contributed by atoms with E-state index in [4.69, 9.17) is 0 Å². The van der Waals surface area contributed by atoms with Crippen LogP contribution in [0.1, 0.15) is 12.5 Å². The predicted octanol–water partition coefficient (Wildman–Crippen LogP) is 2.83. The van der Waals surface area contributed by atoms with Crippen molar-refractivity contribution >= 4 is 52.2 Å². The summed E-state index contributed by atoms with van der Waals surface area (Å²) in [4.78, 5) is 87.5. The molecule has 6 aliphatic rings. The van der Waals surface area contributed by atoms with E-state index in [0.717, 1.165) is 9.80 Å². The minimum atomic E-state index is -2.43. The van der Waals surface area contributed by atoms with Gasteiger partial charge in [0.25, 0.3) is 5.54 Å². The van der Waals surface area contributed by atoms with Gasteiger partial charge in [0.2, 0.25) is 29.5 Å². The predicted molar refractivity (Wildman–Crippen MR) is 152 cm³/mol. The van der Waals surface area contributed by atoms with Crippen molar-refractivity contribution in [2.24, 2.45) is 23.7 Å². The quantitative estimate of drug-likeness (QED) is 0.266. The molecule has 3 heterocycles. The molecule has 11 heteroatoms. The lowest BCUT2D eigenvalue weighted by Gasteiger charge is -2.57. The molecule has 9 rings (SSSR count). The molecule has 2 saturated heterocycles. The first kappa shape index (κ1) is 25.3. The van der Waals surface area contributed by atoms with Gasteiger partial charge in [0.15, 0.2) is 0 Å². The highest BCUT2D eigenvalue weighted by Gasteiger charge is 2.88. The van der Waals surface area contributed by atoms with Crippen molar-refractivity contribution in [2.75, 3.05) is 14.7 Å². The molecule has 0 radical (unpaired) electrons. The fraction of sp³-hybridized carbons (Fsp3) is 0.219. The number of anilines is 3. The van der Waals surface area contributed by atoms with E-state index in [0.29, 0.717) is 11.3 Å². The van der Waals surface area contributed by atoms with Crippen LogP contribution >= 0.6 is 0 Å². The van der Waals surface area contributed by atoms with Gasteiger partial charge in [-0.2, -0.15) is 0 Å². The van der Waals surface area contributed by atoms with Crippen molar-refractivity contribution in [1.82, 2.24) is 0 Å². The molecule has 212 valence electrons. The molecule has 43 heavy (non-hydrogen) atoms. The Balaban J connectivity index is 1.49. The van der Waals surface area contributed by atoms with Crippen LogP contribution in [-0.2, 0) is 24.0 Å². The first-order valence-electron chi connectivity index (χ1n) is 13.8. The Morgan fingerprint density at radius 3 is 1.60 bits per heavy atom. The average Bonchev–Trinajstić information content (AvgIpc) is 3.57. The van der Waals surface area contributed by atoms with E-state index in [1.54, 1.807) is 84.9 Å². The summed E-state index contributed by atoms with van der Waals surface area (Å²) in [5.74, 6) is -10.0. The number of para-hydroxylation sites is 3. The number of amides is 5. The van der Waals surface area contributed by atoms with Gasteiger partial charge in [0.1, 0.15) is 11.8 Å². The molecule has 4 atom stereocenters. The van der Waals surface area contributed by atoms with Gasteiger partial charge >= 0.3 is 0 Å². The topological polar surface area (TPSA) is 138 Å². The normalized spacial score (nSPS) is 31.6. The first-order chi connectivity index (χ1) is 20.7. The Bertz CT molecular complexity index is 1790. The van der Waals surface area contributed by atoms with Gasteiger partial charge < -0.3 is 4.90 Å². The van der Waals surface area contributed by atoms with Crippen LogP contribution in [0.3, 0.4) is 0 Å². The van der Waals surface area contributed by atoms with Crippen LogP contribution in [-0.4, -0.2) is 45.5 Å². The zero-order valence-corrected chi connectivity index (χ0v) is 22.6. The second-order valence-corrected chi connectivity index (χ2v) is 11.5. The molecule has 3 aliphatic carbocycles. The summed E-state index contributed by atoms with van der Waals surface area (Å²) in [6.07, 6.45) is 1.30. The van der Waals surface area contributed by atoms with Crippen LogP contribution in [0.5, 0.6) is 0 Å². The highest BCUT2D eigenvalue weighted by Crippen LogP contribution is 2.71. The SMILES string of the molecule is CC(=O)N1c2ccccc2C2=CC3([N+](=O)[O-])C4C(=O)N(c5ccccc5)C(=O)C4C21C1C(=O)N(c2ccccc2)C(=O)C13. The maximum absolute atomic E-state index is 14.6. The van der Waals surface area contributed by atoms with Crippen molar-refractivity contribution in [3.63, 3.8) is 0 Å². The van der Waals surface area contributed by atoms with E-state index in [9.17, 15) is 34.1 Å². The Morgan fingerprint density at radius 2 is 1.14 bits per heavy atom. The second kappa shape index (κ2) is 8.09. The summed E-state index contributed by atoms with van der Waals surface area (Å²) in [6, 6.07) is 22.8. The lowest BCUT2D eigenvalue weighted by molar-refractivity contribution is -0.577. The molecule has 3 aliphatic heterocycles. The monoisotopic (exact) mass is 574 g/mol. The third-order valence-corrected chi connectivity index (χ3v) is 9.83. The Kier molecular flexibility index (Phi) is 4.76. The summed E-state index contributed by atoms with van der Waals surface area (Å²) >= 11 is 0. The molecule has 1 spiro atoms. The highest BCUT2D eigenvalue weighted by molar-refractivity contribution is 6.31. The number of carbonyl (C=O) groups is 5. The molecular formula is C32H22N4O7. The Labute approximate surface area is 244 Å². The minimum absolute atomic E-state index is 0.210. The van der Waals surface area contributed by atoms with E-state index in [-0.39, 0.29) is 16.9 Å². The molecule has 1 saturated carbocycles. The van der Waals surface area contributed by atoms with Crippen LogP contribution in [0.25, 0.3) is 5.57 Å². The number of nitrogens with zero attached hydrogens (tertiary/aromatic N) is 4. The van der Waals surface area contributed by atoms with Gasteiger partial charge in [-0.3, -0.25) is 34.1 Å². The fourth-order valence-corrected chi connectivity index (χ4v) is 8.57. The Morgan fingerprint density at radius 1 is 0.698 bits per heavy atom. The second-order valence-electron chi connectivity index (χ2n) is 11.5. The molecule has 3 fully saturated rings. The Hall–Kier alpha value is -5.45. The number of hydrogen-bond donors (Lipinski definition) is 0. The summed E-state index contributed by atoms with van der Waals surface area (Å²) in [6.45, 7) is 1.29. The summed E-state index contributed by atoms with van der Waals surface area (Å²) < 4.78 is 0. The summed E-state index contributed by atoms with van der Waals surface area (Å²) in [5, 5.41) is 13.4. The van der Waals surface area contributed by atoms with E-state index >= 15 is 0 Å². The molecular weight excluding hydrogens is 552 g/mol. The number of carbonyl (C=O) groups excluding carboxylic acids is 5. The van der Waals surface area contributed by atoms with Crippen LogP contribution in [0.15, 0.2) is 91.0 Å². The first-order valence-corrected chi connectivity index (χ1v) is 13.8. The van der Waals surface area contributed by atoms with Gasteiger partial charge in [0, 0.05) is 17.4 Å². The van der Waals surface area contributed by atoms with Crippen LogP contribution in [0.4, 0.5) is 17.1 Å². The van der Waals surface area contributed by atoms with E-state index in [1.807, 2.05) is 0 Å². The zero-order valence-electron chi connectivity index (χ0n) is 22.6. The van der Waals surface area contributed by atoms with Gasteiger partial charge in [0.05, 0.1) is 34.4 Å². The molecule has 3 aromatic rings. The van der Waals surface area contributed by atoms with Crippen molar-refractivity contribution in [3.8, 4) is 0 Å². The van der Waals surface area contributed by atoms with E-state index in [1.165, 1.54) is 17.9 Å². The number of fused-ring (bicyclic) bond motifs is 1. The number of hydrogen-bond acceptors (Lipinski definition) is 7. The molecule has 2 bridgehead atoms. The molecule has 4 unspecified atom stereocenters. The van der Waals surface area contributed by atoms with Gasteiger partial charge in [-0.25, -0.2) is 9.80 Å². The smallest absolute Gasteiger partial charge is 0.265 e. The molecule has 3 aromatic carbocycles. The lowest BCUT2D eigenvalue weighted by atomic mass is 9.44. The number of nitro groups is 1. The van der Waals surface area contributed by atoms with Crippen LogP contribution < -0.4 is 14.7 Å². The van der Waals surface area contributed by atoms with Crippen molar-refractivity contribution in [1.29, 1.82) is 0 Å². The lowest BCUT2D eigenvalue weighted by Crippen LogP contribution is -2.77. The van der Waals surface area contributed by atoms with Crippen LogP contribution in [0.2, 0.25) is 0 Å². The third-order valence-electron chi connectivity index (χ3n) is 9.83. The standard InChI is InChI=1S/C32H22N4O7/c1-17(37)35-22-15-9-8-14-20(22)21-16-31(36(42)43)23-25(29(40)33(27(23)38)18-10-4-2-5-11-18)32(21,35)26-24(31)28(39)34(30(26)41)19-12-6-3-7-13-19/h2-16,23-26H,1H3. The van der Waals surface area contributed by atoms with Crippen molar-refractivity contribution in [2.45, 2.75) is 18.0 Å². The number of rotatable bonds is 3.